The lowest BCUT2D eigenvalue weighted by atomic mass is 10.1. The van der Waals surface area contributed by atoms with Crippen molar-refractivity contribution < 1.29 is 33.6 Å². The molecule has 0 aliphatic carbocycles. The fourth-order valence-electron chi connectivity index (χ4n) is 2.47. The van der Waals surface area contributed by atoms with Crippen LogP contribution in [0.1, 0.15) is 19.4 Å². The van der Waals surface area contributed by atoms with E-state index in [-0.39, 0.29) is 12.6 Å². The molecular formula is C19H25NO7. The van der Waals surface area contributed by atoms with Crippen molar-refractivity contribution in [1.29, 1.82) is 0 Å². The highest BCUT2D eigenvalue weighted by Gasteiger charge is 2.48. The predicted octanol–water partition coefficient (Wildman–Crippen LogP) is 0.923. The topological polar surface area (TPSA) is 103 Å². The Morgan fingerprint density at radius 1 is 1.11 bits per heavy atom. The lowest BCUT2D eigenvalue weighted by Crippen LogP contribution is -2.63. The molecule has 2 rings (SSSR count). The minimum Gasteiger partial charge on any atom is -0.491 e. The van der Waals surface area contributed by atoms with Crippen molar-refractivity contribution in [3.63, 3.8) is 0 Å². The van der Waals surface area contributed by atoms with Crippen molar-refractivity contribution in [2.75, 3.05) is 20.3 Å². The van der Waals surface area contributed by atoms with Gasteiger partial charge in [-0.25, -0.2) is 14.9 Å². The van der Waals surface area contributed by atoms with Gasteiger partial charge >= 0.3 is 17.8 Å². The van der Waals surface area contributed by atoms with E-state index in [0.29, 0.717) is 12.4 Å². The Hall–Kier alpha value is -2.42. The van der Waals surface area contributed by atoms with Crippen molar-refractivity contribution in [2.45, 2.75) is 38.3 Å². The van der Waals surface area contributed by atoms with Gasteiger partial charge < -0.3 is 24.1 Å². The summed E-state index contributed by atoms with van der Waals surface area (Å²) in [6.07, 6.45) is 1.21. The van der Waals surface area contributed by atoms with Gasteiger partial charge in [-0.2, -0.15) is 0 Å². The van der Waals surface area contributed by atoms with Crippen LogP contribution < -0.4 is 10.1 Å². The van der Waals surface area contributed by atoms with E-state index in [1.54, 1.807) is 33.1 Å². The van der Waals surface area contributed by atoms with Gasteiger partial charge in [-0.05, 0) is 38.0 Å². The molecule has 0 aromatic heterocycles. The smallest absolute Gasteiger partial charge is 0.349 e. The van der Waals surface area contributed by atoms with Crippen LogP contribution in [-0.2, 0) is 30.2 Å². The average molecular weight is 379 g/mol. The van der Waals surface area contributed by atoms with Crippen LogP contribution in [0.4, 0.5) is 0 Å². The Morgan fingerprint density at radius 2 is 1.70 bits per heavy atom. The predicted molar refractivity (Wildman–Crippen MR) is 95.9 cm³/mol. The maximum atomic E-state index is 11.8. The number of hydrogen-bond acceptors (Lipinski definition) is 8. The van der Waals surface area contributed by atoms with Crippen LogP contribution >= 0.6 is 0 Å². The highest BCUT2D eigenvalue weighted by atomic mass is 16.8. The van der Waals surface area contributed by atoms with Crippen LogP contribution in [-0.4, -0.2) is 55.4 Å². The van der Waals surface area contributed by atoms with Crippen molar-refractivity contribution in [1.82, 2.24) is 5.32 Å². The van der Waals surface area contributed by atoms with Crippen LogP contribution in [0.2, 0.25) is 0 Å². The zero-order valence-corrected chi connectivity index (χ0v) is 15.6. The summed E-state index contributed by atoms with van der Waals surface area (Å²) in [6, 6.07) is 7.04. The molecule has 1 aromatic carbocycles. The first kappa shape index (κ1) is 20.9. The molecule has 8 nitrogen and oxygen atoms in total. The number of aliphatic hydroxyl groups is 1. The van der Waals surface area contributed by atoms with Crippen LogP contribution in [0.3, 0.4) is 0 Å². The normalized spacial score (nSPS) is 17.2. The molecule has 1 aromatic rings. The molecule has 0 fully saturated rings. The minimum atomic E-state index is -2.04. The Bertz CT molecular complexity index is 649. The van der Waals surface area contributed by atoms with Gasteiger partial charge in [0.05, 0.1) is 6.61 Å². The van der Waals surface area contributed by atoms with Crippen molar-refractivity contribution >= 4 is 11.9 Å². The van der Waals surface area contributed by atoms with Gasteiger partial charge in [0.15, 0.2) is 6.10 Å². The van der Waals surface area contributed by atoms with E-state index in [0.717, 1.165) is 24.1 Å². The third-order valence-electron chi connectivity index (χ3n) is 3.71. The molecule has 1 heterocycles. The molecule has 1 atom stereocenters. The summed E-state index contributed by atoms with van der Waals surface area (Å²) in [5, 5.41) is 13.4. The van der Waals surface area contributed by atoms with Gasteiger partial charge in [-0.1, -0.05) is 12.1 Å². The number of nitrogens with one attached hydrogen (secondary N) is 1. The number of methoxy groups -OCH3 is 1. The lowest BCUT2D eigenvalue weighted by Gasteiger charge is -2.36. The summed E-state index contributed by atoms with van der Waals surface area (Å²) in [4.78, 5) is 23.6. The molecule has 0 saturated heterocycles. The van der Waals surface area contributed by atoms with E-state index in [4.69, 9.17) is 18.9 Å². The monoisotopic (exact) mass is 379 g/mol. The van der Waals surface area contributed by atoms with Gasteiger partial charge in [0.25, 0.3) is 0 Å². The molecule has 148 valence electrons. The third kappa shape index (κ3) is 6.06. The van der Waals surface area contributed by atoms with Gasteiger partial charge in [-0.15, -0.1) is 0 Å². The molecular weight excluding hydrogens is 354 g/mol. The fourth-order valence-corrected chi connectivity index (χ4v) is 2.47. The second-order valence-electron chi connectivity index (χ2n) is 6.36. The molecule has 1 aliphatic heterocycles. The molecule has 8 heteroatoms. The second kappa shape index (κ2) is 9.50. The Balaban J connectivity index is 2.06. The summed E-state index contributed by atoms with van der Waals surface area (Å²) in [7, 11) is 1.64. The van der Waals surface area contributed by atoms with E-state index in [9.17, 15) is 14.7 Å². The van der Waals surface area contributed by atoms with Crippen molar-refractivity contribution in [3.05, 3.63) is 42.0 Å². The SMILES string of the molecule is COCCc1ccc(OCC(O)C2(NC(C)C)OC(=O)C=CC(=O)O2)cc1. The van der Waals surface area contributed by atoms with E-state index >= 15 is 0 Å². The first-order valence-corrected chi connectivity index (χ1v) is 8.65. The van der Waals surface area contributed by atoms with E-state index in [2.05, 4.69) is 5.32 Å². The summed E-state index contributed by atoms with van der Waals surface area (Å²) in [5.74, 6) is -3.14. The number of cyclic esters (lactones) is 2. The van der Waals surface area contributed by atoms with Gasteiger partial charge in [0.1, 0.15) is 12.4 Å². The quantitative estimate of drug-likeness (QED) is 0.611. The number of rotatable bonds is 9. The van der Waals surface area contributed by atoms with Crippen LogP contribution in [0.15, 0.2) is 36.4 Å². The highest BCUT2D eigenvalue weighted by Crippen LogP contribution is 2.22. The number of aliphatic hydroxyl groups excluding tert-OH is 1. The summed E-state index contributed by atoms with van der Waals surface area (Å²) in [6.45, 7) is 3.87. The second-order valence-corrected chi connectivity index (χ2v) is 6.36. The largest absolute Gasteiger partial charge is 0.491 e. The molecule has 0 bridgehead atoms. The molecule has 2 N–H and O–H groups in total. The lowest BCUT2D eigenvalue weighted by molar-refractivity contribution is -0.274. The minimum absolute atomic E-state index is 0.251. The van der Waals surface area contributed by atoms with Crippen LogP contribution in [0.5, 0.6) is 5.75 Å². The Kier molecular flexibility index (Phi) is 7.35. The number of benzene rings is 1. The number of ether oxygens (including phenoxy) is 4. The van der Waals surface area contributed by atoms with E-state index in [1.807, 2.05) is 12.1 Å². The summed E-state index contributed by atoms with van der Waals surface area (Å²) in [5.41, 5.74) is 1.08. The maximum absolute atomic E-state index is 11.8. The maximum Gasteiger partial charge on any atom is 0.349 e. The average Bonchev–Trinajstić information content (AvgIpc) is 2.76. The third-order valence-corrected chi connectivity index (χ3v) is 3.71. The number of carbonyl (C=O) groups is 2. The molecule has 27 heavy (non-hydrogen) atoms. The Labute approximate surface area is 158 Å². The first-order valence-electron chi connectivity index (χ1n) is 8.65. The molecule has 0 saturated carbocycles. The molecule has 1 unspecified atom stereocenters. The zero-order valence-electron chi connectivity index (χ0n) is 15.6. The number of esters is 2. The van der Waals surface area contributed by atoms with Crippen molar-refractivity contribution in [3.8, 4) is 5.75 Å². The first-order chi connectivity index (χ1) is 12.8. The Morgan fingerprint density at radius 3 is 2.22 bits per heavy atom. The molecule has 0 amide bonds. The summed E-state index contributed by atoms with van der Waals surface area (Å²) < 4.78 is 20.9. The number of hydrogen-bond donors (Lipinski definition) is 2. The van der Waals surface area contributed by atoms with E-state index in [1.165, 1.54) is 0 Å². The van der Waals surface area contributed by atoms with Crippen LogP contribution in [0.25, 0.3) is 0 Å². The number of carbonyl (C=O) groups excluding carboxylic acids is 2. The molecule has 0 spiro atoms. The molecule has 1 aliphatic rings. The van der Waals surface area contributed by atoms with E-state index < -0.39 is 24.0 Å². The van der Waals surface area contributed by atoms with Gasteiger partial charge in [-0.3, -0.25) is 0 Å². The summed E-state index contributed by atoms with van der Waals surface area (Å²) >= 11 is 0. The van der Waals surface area contributed by atoms with Crippen LogP contribution in [0, 0.1) is 0 Å². The van der Waals surface area contributed by atoms with Gasteiger partial charge in [0, 0.05) is 25.3 Å². The van der Waals surface area contributed by atoms with Gasteiger partial charge in [0.2, 0.25) is 0 Å². The highest BCUT2D eigenvalue weighted by molar-refractivity contribution is 5.93. The molecule has 0 radical (unpaired) electrons. The standard InChI is InChI=1S/C19H25NO7/c1-13(2)20-19(26-17(22)8-9-18(23)27-19)16(21)12-25-15-6-4-14(5-7-15)10-11-24-3/h4-9,13,16,20-21H,10-12H2,1-3H3. The van der Waals surface area contributed by atoms with Crippen molar-refractivity contribution in [2.24, 2.45) is 0 Å². The fraction of sp³-hybridized carbons (Fsp3) is 0.474. The zero-order chi connectivity index (χ0) is 19.9.